The van der Waals surface area contributed by atoms with Crippen molar-refractivity contribution in [1.29, 1.82) is 0 Å². The summed E-state index contributed by atoms with van der Waals surface area (Å²) in [5, 5.41) is 3.16. The lowest BCUT2D eigenvalue weighted by atomic mass is 9.96. The van der Waals surface area contributed by atoms with Crippen LogP contribution in [0.4, 0.5) is 5.69 Å². The summed E-state index contributed by atoms with van der Waals surface area (Å²) < 4.78 is 0. The molecule has 0 radical (unpaired) electrons. The number of benzene rings is 1. The van der Waals surface area contributed by atoms with Crippen LogP contribution in [0.2, 0.25) is 0 Å². The molecule has 2 aliphatic rings. The largest absolute Gasteiger partial charge is 0.353 e. The fourth-order valence-electron chi connectivity index (χ4n) is 3.99. The SMILES string of the molecule is CCc1ccc(N2CC[C@H](C(=O)NC3CCCCCCC3)C2=O)cc1. The summed E-state index contributed by atoms with van der Waals surface area (Å²) in [7, 11) is 0. The molecule has 1 aliphatic carbocycles. The molecule has 2 fully saturated rings. The third kappa shape index (κ3) is 4.42. The van der Waals surface area contributed by atoms with Crippen molar-refractivity contribution < 1.29 is 9.59 Å². The molecule has 25 heavy (non-hydrogen) atoms. The molecule has 1 N–H and O–H groups in total. The molecule has 1 saturated carbocycles. The Morgan fingerprint density at radius 3 is 2.32 bits per heavy atom. The van der Waals surface area contributed by atoms with Gasteiger partial charge in [-0.15, -0.1) is 0 Å². The van der Waals surface area contributed by atoms with Crippen molar-refractivity contribution in [3.8, 4) is 0 Å². The van der Waals surface area contributed by atoms with Gasteiger partial charge in [0.15, 0.2) is 0 Å². The second kappa shape index (κ2) is 8.50. The van der Waals surface area contributed by atoms with Gasteiger partial charge in [-0.1, -0.05) is 51.2 Å². The minimum Gasteiger partial charge on any atom is -0.353 e. The van der Waals surface area contributed by atoms with Gasteiger partial charge in [0.05, 0.1) is 0 Å². The molecule has 1 aliphatic heterocycles. The van der Waals surface area contributed by atoms with Gasteiger partial charge in [0, 0.05) is 18.3 Å². The molecule has 0 spiro atoms. The van der Waals surface area contributed by atoms with E-state index in [1.54, 1.807) is 4.90 Å². The number of hydrogen-bond acceptors (Lipinski definition) is 2. The molecule has 0 aromatic heterocycles. The van der Waals surface area contributed by atoms with E-state index in [2.05, 4.69) is 24.4 Å². The first-order valence-corrected chi connectivity index (χ1v) is 9.89. The van der Waals surface area contributed by atoms with E-state index in [0.717, 1.165) is 24.9 Å². The molecule has 3 rings (SSSR count). The van der Waals surface area contributed by atoms with Crippen LogP contribution in [0.25, 0.3) is 0 Å². The maximum atomic E-state index is 12.7. The quantitative estimate of drug-likeness (QED) is 0.846. The molecule has 1 saturated heterocycles. The van der Waals surface area contributed by atoms with Crippen LogP contribution in [0.5, 0.6) is 0 Å². The standard InChI is InChI=1S/C21H30N2O2/c1-2-16-10-12-18(13-11-16)23-15-14-19(21(23)25)20(24)22-17-8-6-4-3-5-7-9-17/h10-13,17,19H,2-9,14-15H2,1H3,(H,22,24)/t19-/m1/s1. The predicted octanol–water partition coefficient (Wildman–Crippen LogP) is 3.83. The Balaban J connectivity index is 1.59. The van der Waals surface area contributed by atoms with Crippen LogP contribution in [0.15, 0.2) is 24.3 Å². The summed E-state index contributed by atoms with van der Waals surface area (Å²) >= 11 is 0. The van der Waals surface area contributed by atoms with Crippen LogP contribution >= 0.6 is 0 Å². The molecule has 0 unspecified atom stereocenters. The Morgan fingerprint density at radius 1 is 1.04 bits per heavy atom. The smallest absolute Gasteiger partial charge is 0.239 e. The van der Waals surface area contributed by atoms with Crippen molar-refractivity contribution in [3.05, 3.63) is 29.8 Å². The molecule has 1 aromatic rings. The lowest BCUT2D eigenvalue weighted by Gasteiger charge is -2.22. The molecule has 0 bridgehead atoms. The van der Waals surface area contributed by atoms with Crippen molar-refractivity contribution in [2.75, 3.05) is 11.4 Å². The summed E-state index contributed by atoms with van der Waals surface area (Å²) in [6.07, 6.45) is 9.90. The number of carbonyl (C=O) groups excluding carboxylic acids is 2. The number of rotatable bonds is 4. The zero-order valence-corrected chi connectivity index (χ0v) is 15.3. The Bertz CT molecular complexity index is 588. The normalized spacial score (nSPS) is 22.5. The second-order valence-corrected chi connectivity index (χ2v) is 7.40. The zero-order valence-electron chi connectivity index (χ0n) is 15.3. The van der Waals surface area contributed by atoms with E-state index in [9.17, 15) is 9.59 Å². The highest BCUT2D eigenvalue weighted by atomic mass is 16.2. The molecule has 4 nitrogen and oxygen atoms in total. The lowest BCUT2D eigenvalue weighted by molar-refractivity contribution is -0.132. The third-order valence-electron chi connectivity index (χ3n) is 5.63. The van der Waals surface area contributed by atoms with Crippen LogP contribution in [0, 0.1) is 5.92 Å². The fourth-order valence-corrected chi connectivity index (χ4v) is 3.99. The number of aryl methyl sites for hydroxylation is 1. The summed E-state index contributed by atoms with van der Waals surface area (Å²) in [5.41, 5.74) is 2.16. The summed E-state index contributed by atoms with van der Waals surface area (Å²) in [5.74, 6) is -0.632. The number of nitrogens with zero attached hydrogens (tertiary/aromatic N) is 1. The maximum Gasteiger partial charge on any atom is 0.239 e. The summed E-state index contributed by atoms with van der Waals surface area (Å²) in [6.45, 7) is 2.75. The number of hydrogen-bond donors (Lipinski definition) is 1. The molecule has 136 valence electrons. The first-order chi connectivity index (χ1) is 12.2. The fraction of sp³-hybridized carbons (Fsp3) is 0.619. The molecule has 2 amide bonds. The van der Waals surface area contributed by atoms with E-state index in [1.807, 2.05) is 12.1 Å². The highest BCUT2D eigenvalue weighted by Gasteiger charge is 2.38. The summed E-state index contributed by atoms with van der Waals surface area (Å²) in [4.78, 5) is 27.1. The first kappa shape index (κ1) is 18.0. The monoisotopic (exact) mass is 342 g/mol. The average Bonchev–Trinajstić information content (AvgIpc) is 2.99. The Morgan fingerprint density at radius 2 is 1.68 bits per heavy atom. The van der Waals surface area contributed by atoms with Crippen molar-refractivity contribution in [2.45, 2.75) is 70.8 Å². The molecule has 1 atom stereocenters. The highest BCUT2D eigenvalue weighted by molar-refractivity contribution is 6.09. The second-order valence-electron chi connectivity index (χ2n) is 7.40. The molecule has 1 heterocycles. The molecule has 4 heteroatoms. The van der Waals surface area contributed by atoms with E-state index in [1.165, 1.54) is 37.7 Å². The van der Waals surface area contributed by atoms with E-state index in [-0.39, 0.29) is 17.9 Å². The van der Waals surface area contributed by atoms with Crippen molar-refractivity contribution in [2.24, 2.45) is 5.92 Å². The van der Waals surface area contributed by atoms with Gasteiger partial charge in [-0.05, 0) is 43.4 Å². The molecular formula is C21H30N2O2. The van der Waals surface area contributed by atoms with Gasteiger partial charge in [-0.2, -0.15) is 0 Å². The number of anilines is 1. The molecular weight excluding hydrogens is 312 g/mol. The van der Waals surface area contributed by atoms with E-state index in [0.29, 0.717) is 13.0 Å². The van der Waals surface area contributed by atoms with Gasteiger partial charge in [-0.3, -0.25) is 9.59 Å². The number of amides is 2. The van der Waals surface area contributed by atoms with Gasteiger partial charge in [-0.25, -0.2) is 0 Å². The average molecular weight is 342 g/mol. The maximum absolute atomic E-state index is 12.7. The van der Waals surface area contributed by atoms with Gasteiger partial charge in [0.25, 0.3) is 0 Å². The van der Waals surface area contributed by atoms with Crippen molar-refractivity contribution in [1.82, 2.24) is 5.32 Å². The lowest BCUT2D eigenvalue weighted by Crippen LogP contribution is -2.42. The van der Waals surface area contributed by atoms with E-state index >= 15 is 0 Å². The Kier molecular flexibility index (Phi) is 6.11. The minimum absolute atomic E-state index is 0.0485. The Hall–Kier alpha value is -1.84. The highest BCUT2D eigenvalue weighted by Crippen LogP contribution is 2.26. The van der Waals surface area contributed by atoms with Gasteiger partial charge in [0.1, 0.15) is 5.92 Å². The predicted molar refractivity (Wildman–Crippen MR) is 101 cm³/mol. The van der Waals surface area contributed by atoms with Crippen LogP contribution in [0.3, 0.4) is 0 Å². The third-order valence-corrected chi connectivity index (χ3v) is 5.63. The van der Waals surface area contributed by atoms with E-state index < -0.39 is 5.92 Å². The van der Waals surface area contributed by atoms with Crippen LogP contribution in [-0.4, -0.2) is 24.4 Å². The van der Waals surface area contributed by atoms with Crippen LogP contribution < -0.4 is 10.2 Å². The van der Waals surface area contributed by atoms with Gasteiger partial charge < -0.3 is 10.2 Å². The van der Waals surface area contributed by atoms with Crippen LogP contribution in [-0.2, 0) is 16.0 Å². The van der Waals surface area contributed by atoms with Crippen molar-refractivity contribution in [3.63, 3.8) is 0 Å². The molecule has 1 aromatic carbocycles. The van der Waals surface area contributed by atoms with Gasteiger partial charge >= 0.3 is 0 Å². The van der Waals surface area contributed by atoms with Gasteiger partial charge in [0.2, 0.25) is 11.8 Å². The van der Waals surface area contributed by atoms with Crippen LogP contribution in [0.1, 0.15) is 63.9 Å². The zero-order chi connectivity index (χ0) is 17.6. The van der Waals surface area contributed by atoms with Crippen molar-refractivity contribution >= 4 is 17.5 Å². The number of nitrogens with one attached hydrogen (secondary N) is 1. The summed E-state index contributed by atoms with van der Waals surface area (Å²) in [6, 6.07) is 8.35. The topological polar surface area (TPSA) is 49.4 Å². The Labute approximate surface area is 151 Å². The number of carbonyl (C=O) groups is 2. The first-order valence-electron chi connectivity index (χ1n) is 9.89. The minimum atomic E-state index is -0.517. The van der Waals surface area contributed by atoms with E-state index in [4.69, 9.17) is 0 Å².